The van der Waals surface area contributed by atoms with Crippen LogP contribution in [0.3, 0.4) is 0 Å². The van der Waals surface area contributed by atoms with E-state index >= 15 is 0 Å². The minimum Gasteiger partial charge on any atom is -0.493 e. The highest BCUT2D eigenvalue weighted by Gasteiger charge is 2.12. The Bertz CT molecular complexity index is 777. The Kier molecular flexibility index (Phi) is 4.77. The monoisotopic (exact) mass is 329 g/mol. The molecule has 118 valence electrons. The van der Waals surface area contributed by atoms with Gasteiger partial charge in [0.2, 0.25) is 5.89 Å². The van der Waals surface area contributed by atoms with Gasteiger partial charge in [0.05, 0.1) is 19.9 Å². The number of thioether (sulfide) groups is 1. The molecule has 0 bridgehead atoms. The van der Waals surface area contributed by atoms with Crippen LogP contribution >= 0.6 is 11.8 Å². The second-order valence-electron chi connectivity index (χ2n) is 4.55. The van der Waals surface area contributed by atoms with E-state index in [0.29, 0.717) is 28.4 Å². The molecule has 7 heteroatoms. The molecule has 0 fully saturated rings. The maximum Gasteiger partial charge on any atom is 0.277 e. The van der Waals surface area contributed by atoms with Crippen LogP contribution in [0.25, 0.3) is 11.5 Å². The molecule has 0 radical (unpaired) electrons. The number of aromatic nitrogens is 3. The minimum absolute atomic E-state index is 0.439. The Hall–Kier alpha value is -2.54. The van der Waals surface area contributed by atoms with Gasteiger partial charge in [0.25, 0.3) is 5.22 Å². The van der Waals surface area contributed by atoms with Gasteiger partial charge in [0.1, 0.15) is 0 Å². The van der Waals surface area contributed by atoms with Gasteiger partial charge in [-0.2, -0.15) is 0 Å². The summed E-state index contributed by atoms with van der Waals surface area (Å²) in [5, 5.41) is 8.63. The van der Waals surface area contributed by atoms with Crippen LogP contribution in [0.1, 0.15) is 5.69 Å². The lowest BCUT2D eigenvalue weighted by Gasteiger charge is -2.07. The first-order valence-electron chi connectivity index (χ1n) is 6.89. The fraction of sp³-hybridized carbons (Fsp3) is 0.188. The van der Waals surface area contributed by atoms with Crippen molar-refractivity contribution in [3.8, 4) is 23.0 Å². The molecule has 0 aliphatic heterocycles. The smallest absolute Gasteiger partial charge is 0.277 e. The molecule has 3 rings (SSSR count). The predicted octanol–water partition coefficient (Wildman–Crippen LogP) is 3.44. The Morgan fingerprint density at radius 1 is 1.04 bits per heavy atom. The normalized spacial score (nSPS) is 10.5. The SMILES string of the molecule is COc1ccc(-c2nnc(SCc3ccccn3)o2)cc1OC. The zero-order valence-corrected chi connectivity index (χ0v) is 13.5. The van der Waals surface area contributed by atoms with Gasteiger partial charge < -0.3 is 13.9 Å². The molecule has 0 spiro atoms. The molecule has 0 aliphatic carbocycles. The molecule has 0 saturated heterocycles. The van der Waals surface area contributed by atoms with E-state index in [9.17, 15) is 0 Å². The first-order chi connectivity index (χ1) is 11.3. The third-order valence-corrected chi connectivity index (χ3v) is 3.96. The zero-order valence-electron chi connectivity index (χ0n) is 12.7. The van der Waals surface area contributed by atoms with E-state index in [2.05, 4.69) is 15.2 Å². The molecule has 0 amide bonds. The predicted molar refractivity (Wildman–Crippen MR) is 86.6 cm³/mol. The summed E-state index contributed by atoms with van der Waals surface area (Å²) < 4.78 is 16.2. The molecule has 0 saturated carbocycles. The van der Waals surface area contributed by atoms with Gasteiger partial charge in [-0.1, -0.05) is 17.8 Å². The molecular weight excluding hydrogens is 314 g/mol. The van der Waals surface area contributed by atoms with Crippen molar-refractivity contribution in [2.45, 2.75) is 11.0 Å². The number of pyridine rings is 1. The van der Waals surface area contributed by atoms with E-state index in [1.165, 1.54) is 11.8 Å². The summed E-state index contributed by atoms with van der Waals surface area (Å²) in [7, 11) is 3.18. The summed E-state index contributed by atoms with van der Waals surface area (Å²) in [6.07, 6.45) is 1.76. The number of ether oxygens (including phenoxy) is 2. The molecule has 6 nitrogen and oxygen atoms in total. The van der Waals surface area contributed by atoms with Gasteiger partial charge >= 0.3 is 0 Å². The van der Waals surface area contributed by atoms with Crippen LogP contribution in [0.5, 0.6) is 11.5 Å². The maximum atomic E-state index is 5.68. The topological polar surface area (TPSA) is 70.3 Å². The van der Waals surface area contributed by atoms with Crippen LogP contribution in [-0.4, -0.2) is 29.4 Å². The van der Waals surface area contributed by atoms with Crippen LogP contribution in [0, 0.1) is 0 Å². The molecular formula is C16H15N3O3S. The van der Waals surface area contributed by atoms with Crippen LogP contribution in [0.15, 0.2) is 52.2 Å². The third-order valence-electron chi connectivity index (χ3n) is 3.11. The summed E-state index contributed by atoms with van der Waals surface area (Å²) in [5.41, 5.74) is 1.74. The van der Waals surface area contributed by atoms with Crippen molar-refractivity contribution < 1.29 is 13.9 Å². The quantitative estimate of drug-likeness (QED) is 0.641. The summed E-state index contributed by atoms with van der Waals surface area (Å²) in [4.78, 5) is 4.26. The lowest BCUT2D eigenvalue weighted by Crippen LogP contribution is -1.90. The van der Waals surface area contributed by atoms with E-state index < -0.39 is 0 Å². The summed E-state index contributed by atoms with van der Waals surface area (Å²) in [6.45, 7) is 0. The molecule has 3 aromatic rings. The first-order valence-corrected chi connectivity index (χ1v) is 7.87. The van der Waals surface area contributed by atoms with Crippen molar-refractivity contribution in [2.24, 2.45) is 0 Å². The van der Waals surface area contributed by atoms with E-state index in [1.807, 2.05) is 24.3 Å². The van der Waals surface area contributed by atoms with Crippen molar-refractivity contribution in [2.75, 3.05) is 14.2 Å². The Labute approximate surface area is 137 Å². The maximum absolute atomic E-state index is 5.68. The first kappa shape index (κ1) is 15.4. The average molecular weight is 329 g/mol. The zero-order chi connectivity index (χ0) is 16.1. The number of benzene rings is 1. The van der Waals surface area contributed by atoms with Crippen molar-refractivity contribution >= 4 is 11.8 Å². The summed E-state index contributed by atoms with van der Waals surface area (Å²) >= 11 is 1.45. The Morgan fingerprint density at radius 2 is 1.91 bits per heavy atom. The third kappa shape index (κ3) is 3.62. The minimum atomic E-state index is 0.439. The summed E-state index contributed by atoms with van der Waals surface area (Å²) in [6, 6.07) is 11.3. The van der Waals surface area contributed by atoms with Gasteiger partial charge in [0, 0.05) is 17.5 Å². The highest BCUT2D eigenvalue weighted by molar-refractivity contribution is 7.98. The molecule has 0 atom stereocenters. The van der Waals surface area contributed by atoms with Crippen LogP contribution < -0.4 is 9.47 Å². The van der Waals surface area contributed by atoms with Crippen molar-refractivity contribution in [3.05, 3.63) is 48.3 Å². The van der Waals surface area contributed by atoms with Gasteiger partial charge in [-0.05, 0) is 30.3 Å². The van der Waals surface area contributed by atoms with Gasteiger partial charge in [-0.25, -0.2) is 0 Å². The lowest BCUT2D eigenvalue weighted by atomic mass is 10.2. The van der Waals surface area contributed by atoms with E-state index in [-0.39, 0.29) is 0 Å². The Balaban J connectivity index is 1.74. The highest BCUT2D eigenvalue weighted by atomic mass is 32.2. The molecule has 2 aromatic heterocycles. The number of rotatable bonds is 6. The number of methoxy groups -OCH3 is 2. The average Bonchev–Trinajstić information content (AvgIpc) is 3.09. The fourth-order valence-electron chi connectivity index (χ4n) is 1.97. The Morgan fingerprint density at radius 3 is 2.65 bits per heavy atom. The second kappa shape index (κ2) is 7.15. The number of nitrogens with zero attached hydrogens (tertiary/aromatic N) is 3. The second-order valence-corrected chi connectivity index (χ2v) is 5.48. The van der Waals surface area contributed by atoms with Crippen LogP contribution in [-0.2, 0) is 5.75 Å². The molecule has 1 aromatic carbocycles. The lowest BCUT2D eigenvalue weighted by molar-refractivity contribution is 0.355. The molecule has 0 unspecified atom stereocenters. The van der Waals surface area contributed by atoms with E-state index in [1.54, 1.807) is 32.5 Å². The number of hydrogen-bond acceptors (Lipinski definition) is 7. The summed E-state index contributed by atoms with van der Waals surface area (Å²) in [5.74, 6) is 2.38. The fourth-order valence-corrected chi connectivity index (χ4v) is 2.65. The standard InChI is InChI=1S/C16H15N3O3S/c1-20-13-7-6-11(9-14(13)21-2)15-18-19-16(22-15)23-10-12-5-3-4-8-17-12/h3-9H,10H2,1-2H3. The molecule has 2 heterocycles. The van der Waals surface area contributed by atoms with Gasteiger partial charge in [0.15, 0.2) is 11.5 Å². The van der Waals surface area contributed by atoms with Crippen molar-refractivity contribution in [3.63, 3.8) is 0 Å². The van der Waals surface area contributed by atoms with Gasteiger partial charge in [-0.15, -0.1) is 10.2 Å². The van der Waals surface area contributed by atoms with E-state index in [4.69, 9.17) is 13.9 Å². The van der Waals surface area contributed by atoms with E-state index in [0.717, 1.165) is 11.3 Å². The molecule has 0 N–H and O–H groups in total. The van der Waals surface area contributed by atoms with Crippen LogP contribution in [0.4, 0.5) is 0 Å². The molecule has 23 heavy (non-hydrogen) atoms. The van der Waals surface area contributed by atoms with Gasteiger partial charge in [-0.3, -0.25) is 4.98 Å². The molecule has 0 aliphatic rings. The van der Waals surface area contributed by atoms with Crippen LogP contribution in [0.2, 0.25) is 0 Å². The number of hydrogen-bond donors (Lipinski definition) is 0. The van der Waals surface area contributed by atoms with Crippen molar-refractivity contribution in [1.82, 2.24) is 15.2 Å². The largest absolute Gasteiger partial charge is 0.493 e. The highest BCUT2D eigenvalue weighted by Crippen LogP contribution is 2.32. The van der Waals surface area contributed by atoms with Crippen molar-refractivity contribution in [1.29, 1.82) is 0 Å².